The minimum absolute atomic E-state index is 0.00425. The fourth-order valence-corrected chi connectivity index (χ4v) is 3.01. The van der Waals surface area contributed by atoms with Crippen LogP contribution in [0.4, 0.5) is 5.69 Å². The van der Waals surface area contributed by atoms with Crippen LogP contribution in [0.5, 0.6) is 11.6 Å². The minimum atomic E-state index is -0.245. The Labute approximate surface area is 152 Å². The number of hydrogen-bond donors (Lipinski definition) is 2. The molecule has 1 aliphatic rings. The smallest absolute Gasteiger partial charge is 0.241 e. The molecule has 0 fully saturated rings. The van der Waals surface area contributed by atoms with Crippen molar-refractivity contribution in [2.45, 2.75) is 19.0 Å². The van der Waals surface area contributed by atoms with Gasteiger partial charge in [-0.3, -0.25) is 4.79 Å². The van der Waals surface area contributed by atoms with Crippen LogP contribution in [0, 0.1) is 0 Å². The van der Waals surface area contributed by atoms with Crippen molar-refractivity contribution in [1.29, 1.82) is 0 Å². The number of nitrogens with one attached hydrogen (secondary N) is 2. The zero-order valence-corrected chi connectivity index (χ0v) is 14.2. The van der Waals surface area contributed by atoms with Gasteiger partial charge in [0.15, 0.2) is 0 Å². The maximum Gasteiger partial charge on any atom is 0.241 e. The molecular formula is C21H19N3O2. The summed E-state index contributed by atoms with van der Waals surface area (Å²) in [5.74, 6) is 1.28. The number of amides is 1. The van der Waals surface area contributed by atoms with Gasteiger partial charge in [0, 0.05) is 24.5 Å². The van der Waals surface area contributed by atoms with Crippen LogP contribution in [-0.4, -0.2) is 16.9 Å². The van der Waals surface area contributed by atoms with Gasteiger partial charge in [0.1, 0.15) is 5.75 Å². The van der Waals surface area contributed by atoms with Gasteiger partial charge in [-0.05, 0) is 41.8 Å². The lowest BCUT2D eigenvalue weighted by atomic mass is 9.99. The summed E-state index contributed by atoms with van der Waals surface area (Å²) in [5, 5.41) is 6.29. The number of nitrogens with zero attached hydrogens (tertiary/aromatic N) is 1. The molecule has 2 aromatic carbocycles. The topological polar surface area (TPSA) is 63.2 Å². The molecule has 130 valence electrons. The van der Waals surface area contributed by atoms with E-state index in [1.807, 2.05) is 66.7 Å². The molecule has 0 bridgehead atoms. The van der Waals surface area contributed by atoms with Crippen LogP contribution in [-0.2, 0) is 17.8 Å². The molecule has 5 heteroatoms. The van der Waals surface area contributed by atoms with E-state index < -0.39 is 0 Å². The summed E-state index contributed by atoms with van der Waals surface area (Å²) in [6.07, 6.45) is 2.38. The number of ether oxygens (including phenoxy) is 1. The van der Waals surface area contributed by atoms with Crippen LogP contribution in [0.25, 0.3) is 0 Å². The van der Waals surface area contributed by atoms with E-state index in [1.54, 1.807) is 6.20 Å². The van der Waals surface area contributed by atoms with Crippen LogP contribution in [0.1, 0.15) is 11.1 Å². The summed E-state index contributed by atoms with van der Waals surface area (Å²) < 4.78 is 5.76. The molecule has 2 heterocycles. The molecule has 4 rings (SSSR count). The Balaban J connectivity index is 1.41. The molecule has 1 amide bonds. The Morgan fingerprint density at radius 3 is 2.85 bits per heavy atom. The first-order chi connectivity index (χ1) is 12.8. The van der Waals surface area contributed by atoms with E-state index in [0.717, 1.165) is 22.6 Å². The van der Waals surface area contributed by atoms with Crippen LogP contribution >= 0.6 is 0 Å². The quantitative estimate of drug-likeness (QED) is 0.743. The molecule has 5 nitrogen and oxygen atoms in total. The van der Waals surface area contributed by atoms with Crippen molar-refractivity contribution in [2.24, 2.45) is 0 Å². The van der Waals surface area contributed by atoms with E-state index in [0.29, 0.717) is 18.8 Å². The van der Waals surface area contributed by atoms with Crippen molar-refractivity contribution in [3.8, 4) is 11.6 Å². The van der Waals surface area contributed by atoms with E-state index >= 15 is 0 Å². The second kappa shape index (κ2) is 7.37. The highest BCUT2D eigenvalue weighted by Crippen LogP contribution is 2.23. The van der Waals surface area contributed by atoms with Crippen molar-refractivity contribution in [2.75, 3.05) is 5.32 Å². The number of para-hydroxylation sites is 1. The van der Waals surface area contributed by atoms with Gasteiger partial charge in [-0.25, -0.2) is 4.98 Å². The summed E-state index contributed by atoms with van der Waals surface area (Å²) in [5.41, 5.74) is 3.10. The SMILES string of the molecule is O=C1Nc2ccccc2CC1NCc1cccc(Oc2ccccn2)c1. The van der Waals surface area contributed by atoms with E-state index in [2.05, 4.69) is 15.6 Å². The number of aromatic nitrogens is 1. The number of fused-ring (bicyclic) bond motifs is 1. The number of carbonyl (C=O) groups excluding carboxylic acids is 1. The third-order valence-electron chi connectivity index (χ3n) is 4.33. The van der Waals surface area contributed by atoms with Gasteiger partial charge in [-0.15, -0.1) is 0 Å². The molecule has 1 unspecified atom stereocenters. The van der Waals surface area contributed by atoms with Crippen LogP contribution < -0.4 is 15.4 Å². The van der Waals surface area contributed by atoms with E-state index in [4.69, 9.17) is 4.74 Å². The molecule has 26 heavy (non-hydrogen) atoms. The fraction of sp³-hybridized carbons (Fsp3) is 0.143. The third-order valence-corrected chi connectivity index (χ3v) is 4.33. The number of benzene rings is 2. The zero-order valence-electron chi connectivity index (χ0n) is 14.2. The first-order valence-corrected chi connectivity index (χ1v) is 8.58. The molecule has 1 aliphatic heterocycles. The summed E-state index contributed by atoms with van der Waals surface area (Å²) in [4.78, 5) is 16.4. The van der Waals surface area contributed by atoms with E-state index in [9.17, 15) is 4.79 Å². The van der Waals surface area contributed by atoms with Crippen molar-refractivity contribution in [3.05, 3.63) is 84.1 Å². The predicted octanol–water partition coefficient (Wildman–Crippen LogP) is 3.53. The lowest BCUT2D eigenvalue weighted by molar-refractivity contribution is -0.118. The highest BCUT2D eigenvalue weighted by atomic mass is 16.5. The second-order valence-electron chi connectivity index (χ2n) is 6.20. The largest absolute Gasteiger partial charge is 0.439 e. The standard InChI is InChI=1S/C21H19N3O2/c25-21-19(13-16-7-1-2-9-18(16)24-21)23-14-15-6-5-8-17(12-15)26-20-10-3-4-11-22-20/h1-12,19,23H,13-14H2,(H,24,25). The van der Waals surface area contributed by atoms with Crippen molar-refractivity contribution in [1.82, 2.24) is 10.3 Å². The summed E-state index contributed by atoms with van der Waals surface area (Å²) in [7, 11) is 0. The summed E-state index contributed by atoms with van der Waals surface area (Å²) >= 11 is 0. The molecule has 0 saturated carbocycles. The van der Waals surface area contributed by atoms with E-state index in [-0.39, 0.29) is 11.9 Å². The first-order valence-electron chi connectivity index (χ1n) is 8.58. The molecule has 3 aromatic rings. The van der Waals surface area contributed by atoms with Gasteiger partial charge in [-0.1, -0.05) is 36.4 Å². The fourth-order valence-electron chi connectivity index (χ4n) is 3.01. The average Bonchev–Trinajstić information content (AvgIpc) is 2.67. The molecule has 1 aromatic heterocycles. The Morgan fingerprint density at radius 2 is 1.96 bits per heavy atom. The van der Waals surface area contributed by atoms with Gasteiger partial charge < -0.3 is 15.4 Å². The van der Waals surface area contributed by atoms with Gasteiger partial charge in [0.25, 0.3) is 0 Å². The molecule has 0 spiro atoms. The molecule has 0 saturated heterocycles. The molecule has 0 radical (unpaired) electrons. The Kier molecular flexibility index (Phi) is 4.62. The van der Waals surface area contributed by atoms with Gasteiger partial charge >= 0.3 is 0 Å². The normalized spacial score (nSPS) is 15.8. The van der Waals surface area contributed by atoms with Crippen molar-refractivity contribution < 1.29 is 9.53 Å². The van der Waals surface area contributed by atoms with Gasteiger partial charge in [0.05, 0.1) is 6.04 Å². The summed E-state index contributed by atoms with van der Waals surface area (Å²) in [6, 6.07) is 21.0. The zero-order chi connectivity index (χ0) is 17.8. The highest BCUT2D eigenvalue weighted by molar-refractivity contribution is 5.97. The summed E-state index contributed by atoms with van der Waals surface area (Å²) in [6.45, 7) is 0.583. The Bertz CT molecular complexity index is 912. The second-order valence-corrected chi connectivity index (χ2v) is 6.20. The molecule has 2 N–H and O–H groups in total. The number of rotatable bonds is 5. The molecule has 0 aliphatic carbocycles. The van der Waals surface area contributed by atoms with Gasteiger partial charge in [0.2, 0.25) is 11.8 Å². The Morgan fingerprint density at radius 1 is 1.08 bits per heavy atom. The lowest BCUT2D eigenvalue weighted by Crippen LogP contribution is -2.44. The number of anilines is 1. The number of hydrogen-bond acceptors (Lipinski definition) is 4. The monoisotopic (exact) mass is 345 g/mol. The van der Waals surface area contributed by atoms with Crippen molar-refractivity contribution >= 4 is 11.6 Å². The first kappa shape index (κ1) is 16.3. The van der Waals surface area contributed by atoms with Gasteiger partial charge in [-0.2, -0.15) is 0 Å². The van der Waals surface area contributed by atoms with Crippen LogP contribution in [0.2, 0.25) is 0 Å². The molecule has 1 atom stereocenters. The average molecular weight is 345 g/mol. The number of carbonyl (C=O) groups is 1. The molecular weight excluding hydrogens is 326 g/mol. The maximum absolute atomic E-state index is 12.3. The lowest BCUT2D eigenvalue weighted by Gasteiger charge is -2.25. The highest BCUT2D eigenvalue weighted by Gasteiger charge is 2.25. The third kappa shape index (κ3) is 3.73. The minimum Gasteiger partial charge on any atom is -0.439 e. The predicted molar refractivity (Wildman–Crippen MR) is 100 cm³/mol. The van der Waals surface area contributed by atoms with Crippen LogP contribution in [0.15, 0.2) is 72.9 Å². The maximum atomic E-state index is 12.3. The Hall–Kier alpha value is -3.18. The number of pyridine rings is 1. The van der Waals surface area contributed by atoms with Crippen LogP contribution in [0.3, 0.4) is 0 Å². The van der Waals surface area contributed by atoms with Crippen molar-refractivity contribution in [3.63, 3.8) is 0 Å². The van der Waals surface area contributed by atoms with E-state index in [1.165, 1.54) is 0 Å².